The second-order valence-electron chi connectivity index (χ2n) is 5.22. The van der Waals surface area contributed by atoms with Crippen LogP contribution in [0.4, 0.5) is 18.9 Å². The van der Waals surface area contributed by atoms with Crippen molar-refractivity contribution in [3.63, 3.8) is 0 Å². The Kier molecular flexibility index (Phi) is 4.71. The van der Waals surface area contributed by atoms with E-state index in [2.05, 4.69) is 15.0 Å². The minimum atomic E-state index is -4.76. The topological polar surface area (TPSA) is 73.2 Å². The summed E-state index contributed by atoms with van der Waals surface area (Å²) in [6, 6.07) is 5.86. The monoisotopic (exact) mass is 371 g/mol. The van der Waals surface area contributed by atoms with Gasteiger partial charge in [-0.15, -0.1) is 13.2 Å². The fourth-order valence-corrected chi connectivity index (χ4v) is 3.53. The number of anilines is 1. The van der Waals surface area contributed by atoms with E-state index < -0.39 is 6.36 Å². The zero-order valence-corrected chi connectivity index (χ0v) is 13.4. The number of alkyl halides is 3. The summed E-state index contributed by atoms with van der Waals surface area (Å²) >= 11 is 1.39. The number of ether oxygens (including phenoxy) is 1. The van der Waals surface area contributed by atoms with Crippen LogP contribution in [-0.4, -0.2) is 27.6 Å². The second-order valence-corrected chi connectivity index (χ2v) is 6.21. The lowest BCUT2D eigenvalue weighted by Gasteiger charge is -2.13. The highest BCUT2D eigenvalue weighted by molar-refractivity contribution is 7.99. The Labute approximate surface area is 144 Å². The Balaban J connectivity index is 1.62. The molecular weight excluding hydrogens is 359 g/mol. The zero-order valence-electron chi connectivity index (χ0n) is 12.6. The molecule has 10 heteroatoms. The number of hydrogen-bond donors (Lipinski definition) is 1. The van der Waals surface area contributed by atoms with E-state index in [1.54, 1.807) is 0 Å². The average Bonchev–Trinajstić information content (AvgIpc) is 2.92. The SMILES string of the molecule is O=C(CC1CSc2nccc(=O)n21)Nc1ccc(OC(F)(F)F)cc1. The number of halogens is 3. The molecule has 2 heterocycles. The van der Waals surface area contributed by atoms with Crippen molar-refractivity contribution < 1.29 is 22.7 Å². The van der Waals surface area contributed by atoms with Gasteiger partial charge in [-0.25, -0.2) is 4.98 Å². The lowest BCUT2D eigenvalue weighted by atomic mass is 10.2. The third-order valence-electron chi connectivity index (χ3n) is 3.41. The molecule has 2 aromatic rings. The van der Waals surface area contributed by atoms with Gasteiger partial charge in [0, 0.05) is 30.1 Å². The first-order valence-electron chi connectivity index (χ1n) is 7.18. The molecule has 25 heavy (non-hydrogen) atoms. The number of nitrogens with one attached hydrogen (secondary N) is 1. The number of nitrogens with zero attached hydrogens (tertiary/aromatic N) is 2. The van der Waals surface area contributed by atoms with Crippen LogP contribution in [0.1, 0.15) is 12.5 Å². The van der Waals surface area contributed by atoms with E-state index in [1.807, 2.05) is 0 Å². The molecule has 1 aromatic carbocycles. The van der Waals surface area contributed by atoms with Gasteiger partial charge in [0.05, 0.1) is 6.04 Å². The molecule has 6 nitrogen and oxygen atoms in total. The van der Waals surface area contributed by atoms with E-state index in [1.165, 1.54) is 40.7 Å². The third kappa shape index (κ3) is 4.32. The lowest BCUT2D eigenvalue weighted by Crippen LogP contribution is -2.26. The quantitative estimate of drug-likeness (QED) is 0.837. The Morgan fingerprint density at radius 2 is 2.04 bits per heavy atom. The van der Waals surface area contributed by atoms with Crippen molar-refractivity contribution in [1.82, 2.24) is 9.55 Å². The van der Waals surface area contributed by atoms with Gasteiger partial charge < -0.3 is 10.1 Å². The van der Waals surface area contributed by atoms with Crippen molar-refractivity contribution in [2.45, 2.75) is 24.0 Å². The molecule has 1 amide bonds. The molecule has 0 saturated heterocycles. The Hall–Kier alpha value is -2.49. The van der Waals surface area contributed by atoms with Crippen LogP contribution in [0.25, 0.3) is 0 Å². The van der Waals surface area contributed by atoms with Gasteiger partial charge >= 0.3 is 6.36 Å². The molecule has 1 aliphatic rings. The molecule has 1 unspecified atom stereocenters. The first kappa shape index (κ1) is 17.3. The lowest BCUT2D eigenvalue weighted by molar-refractivity contribution is -0.274. The largest absolute Gasteiger partial charge is 0.573 e. The molecule has 0 spiro atoms. The van der Waals surface area contributed by atoms with Gasteiger partial charge in [-0.3, -0.25) is 14.2 Å². The highest BCUT2D eigenvalue weighted by Gasteiger charge is 2.31. The van der Waals surface area contributed by atoms with E-state index in [0.717, 1.165) is 12.1 Å². The van der Waals surface area contributed by atoms with Crippen LogP contribution in [0.2, 0.25) is 0 Å². The number of benzene rings is 1. The summed E-state index contributed by atoms with van der Waals surface area (Å²) in [7, 11) is 0. The van der Waals surface area contributed by atoms with Crippen LogP contribution in [-0.2, 0) is 4.79 Å². The van der Waals surface area contributed by atoms with Gasteiger partial charge in [-0.2, -0.15) is 0 Å². The Morgan fingerprint density at radius 3 is 2.72 bits per heavy atom. The molecule has 0 saturated carbocycles. The van der Waals surface area contributed by atoms with Crippen LogP contribution < -0.4 is 15.6 Å². The van der Waals surface area contributed by atoms with Crippen LogP contribution in [0, 0.1) is 0 Å². The maximum atomic E-state index is 12.1. The van der Waals surface area contributed by atoms with Crippen LogP contribution in [0.15, 0.2) is 46.5 Å². The molecule has 3 rings (SSSR count). The number of carbonyl (C=O) groups excluding carboxylic acids is 1. The van der Waals surface area contributed by atoms with Gasteiger partial charge in [-0.05, 0) is 24.3 Å². The molecule has 132 valence electrons. The minimum absolute atomic E-state index is 0.0619. The van der Waals surface area contributed by atoms with Crippen molar-refractivity contribution in [2.24, 2.45) is 0 Å². The Morgan fingerprint density at radius 1 is 1.32 bits per heavy atom. The van der Waals surface area contributed by atoms with Gasteiger partial charge in [0.1, 0.15) is 5.75 Å². The van der Waals surface area contributed by atoms with Crippen LogP contribution >= 0.6 is 11.8 Å². The van der Waals surface area contributed by atoms with Crippen molar-refractivity contribution >= 4 is 23.4 Å². The predicted octanol–water partition coefficient (Wildman–Crippen LogP) is 2.82. The van der Waals surface area contributed by atoms with E-state index >= 15 is 0 Å². The van der Waals surface area contributed by atoms with Gasteiger partial charge in [-0.1, -0.05) is 11.8 Å². The number of rotatable bonds is 4. The van der Waals surface area contributed by atoms with Crippen molar-refractivity contribution in [3.05, 3.63) is 46.9 Å². The maximum absolute atomic E-state index is 12.1. The van der Waals surface area contributed by atoms with Gasteiger partial charge in [0.2, 0.25) is 5.91 Å². The van der Waals surface area contributed by atoms with Gasteiger partial charge in [0.15, 0.2) is 5.16 Å². The van der Waals surface area contributed by atoms with Crippen molar-refractivity contribution in [3.8, 4) is 5.75 Å². The highest BCUT2D eigenvalue weighted by atomic mass is 32.2. The third-order valence-corrected chi connectivity index (χ3v) is 4.52. The highest BCUT2D eigenvalue weighted by Crippen LogP contribution is 2.31. The van der Waals surface area contributed by atoms with E-state index in [4.69, 9.17) is 0 Å². The predicted molar refractivity (Wildman–Crippen MR) is 84.6 cm³/mol. The van der Waals surface area contributed by atoms with Crippen LogP contribution in [0.5, 0.6) is 5.75 Å². The summed E-state index contributed by atoms with van der Waals surface area (Å²) in [5, 5.41) is 3.16. The standard InChI is InChI=1S/C15H12F3N3O3S/c16-15(17,18)24-11-3-1-9(2-4-11)20-12(22)7-10-8-25-14-19-6-5-13(23)21(10)14/h1-6,10H,7-8H2,(H,20,22). The smallest absolute Gasteiger partial charge is 0.406 e. The summed E-state index contributed by atoms with van der Waals surface area (Å²) in [6.07, 6.45) is -3.28. The van der Waals surface area contributed by atoms with Crippen molar-refractivity contribution in [2.75, 3.05) is 11.1 Å². The molecule has 1 N–H and O–H groups in total. The molecule has 0 radical (unpaired) electrons. The maximum Gasteiger partial charge on any atom is 0.573 e. The molecule has 1 atom stereocenters. The number of amides is 1. The van der Waals surface area contributed by atoms with E-state index in [-0.39, 0.29) is 29.7 Å². The molecule has 1 aliphatic heterocycles. The van der Waals surface area contributed by atoms with Gasteiger partial charge in [0.25, 0.3) is 5.56 Å². The second kappa shape index (κ2) is 6.79. The first-order chi connectivity index (χ1) is 11.8. The Bertz CT molecular complexity index is 836. The van der Waals surface area contributed by atoms with E-state index in [9.17, 15) is 22.8 Å². The molecular formula is C15H12F3N3O3S. The average molecular weight is 371 g/mol. The number of fused-ring (bicyclic) bond motifs is 1. The number of aromatic nitrogens is 2. The number of thioether (sulfide) groups is 1. The zero-order chi connectivity index (χ0) is 18.0. The number of carbonyl (C=O) groups is 1. The van der Waals surface area contributed by atoms with E-state index in [0.29, 0.717) is 16.6 Å². The summed E-state index contributed by atoms with van der Waals surface area (Å²) in [5.74, 6) is -0.166. The molecule has 0 aliphatic carbocycles. The molecule has 0 bridgehead atoms. The number of hydrogen-bond acceptors (Lipinski definition) is 5. The fourth-order valence-electron chi connectivity index (χ4n) is 2.41. The summed E-state index contributed by atoms with van der Waals surface area (Å²) in [6.45, 7) is 0. The van der Waals surface area contributed by atoms with Crippen molar-refractivity contribution in [1.29, 1.82) is 0 Å². The summed E-state index contributed by atoms with van der Waals surface area (Å²) < 4.78 is 41.6. The molecule has 1 aromatic heterocycles. The normalized spacial score (nSPS) is 16.4. The first-order valence-corrected chi connectivity index (χ1v) is 8.16. The fraction of sp³-hybridized carbons (Fsp3) is 0.267. The summed E-state index contributed by atoms with van der Waals surface area (Å²) in [4.78, 5) is 28.1. The minimum Gasteiger partial charge on any atom is -0.406 e. The summed E-state index contributed by atoms with van der Waals surface area (Å²) in [5.41, 5.74) is 0.116. The van der Waals surface area contributed by atoms with Crippen LogP contribution in [0.3, 0.4) is 0 Å². The molecule has 0 fully saturated rings.